The maximum Gasteiger partial charge on any atom is 0.234 e. The zero-order chi connectivity index (χ0) is 23.6. The van der Waals surface area contributed by atoms with E-state index >= 15 is 0 Å². The number of likely N-dealkylation sites (tertiary alicyclic amines) is 1. The number of ether oxygens (including phenoxy) is 1. The molecular weight excluding hydrogens is 436 g/mol. The predicted octanol–water partition coefficient (Wildman–Crippen LogP) is 2.63. The van der Waals surface area contributed by atoms with Crippen LogP contribution in [0.4, 0.5) is 5.82 Å². The molecule has 7 nitrogen and oxygen atoms in total. The van der Waals surface area contributed by atoms with E-state index in [0.717, 1.165) is 69.9 Å². The molecule has 2 bridgehead atoms. The van der Waals surface area contributed by atoms with Gasteiger partial charge in [0, 0.05) is 49.9 Å². The van der Waals surface area contributed by atoms with Gasteiger partial charge in [0.2, 0.25) is 5.88 Å². The van der Waals surface area contributed by atoms with Gasteiger partial charge >= 0.3 is 0 Å². The number of aromatic nitrogens is 1. The quantitative estimate of drug-likeness (QED) is 0.642. The minimum atomic E-state index is 0.375. The summed E-state index contributed by atoms with van der Waals surface area (Å²) in [6, 6.07) is 14.6. The molecule has 0 saturated carbocycles. The number of nitrogens with one attached hydrogen (secondary N) is 2. The molecule has 4 aliphatic rings. The third-order valence-electron chi connectivity index (χ3n) is 8.28. The lowest BCUT2D eigenvalue weighted by molar-refractivity contribution is 0.170. The molecule has 2 aromatic rings. The van der Waals surface area contributed by atoms with E-state index in [4.69, 9.17) is 9.72 Å². The van der Waals surface area contributed by atoms with Crippen molar-refractivity contribution in [3.05, 3.63) is 52.6 Å². The first-order valence-electron chi connectivity index (χ1n) is 13.4. The van der Waals surface area contributed by atoms with Gasteiger partial charge in [-0.05, 0) is 62.7 Å². The van der Waals surface area contributed by atoms with Crippen molar-refractivity contribution < 1.29 is 4.74 Å². The van der Waals surface area contributed by atoms with Gasteiger partial charge in [-0.2, -0.15) is 10.2 Å². The van der Waals surface area contributed by atoms with Crippen molar-refractivity contribution in [3.8, 4) is 11.9 Å². The van der Waals surface area contributed by atoms with Crippen molar-refractivity contribution in [1.29, 1.82) is 5.26 Å². The van der Waals surface area contributed by atoms with E-state index in [0.29, 0.717) is 36.2 Å². The molecule has 4 aliphatic heterocycles. The van der Waals surface area contributed by atoms with Gasteiger partial charge in [-0.25, -0.2) is 0 Å². The van der Waals surface area contributed by atoms with Crippen LogP contribution in [-0.4, -0.2) is 67.3 Å². The Kier molecular flexibility index (Phi) is 6.60. The molecule has 0 radical (unpaired) electrons. The van der Waals surface area contributed by atoms with E-state index in [9.17, 15) is 5.26 Å². The number of benzene rings is 1. The summed E-state index contributed by atoms with van der Waals surface area (Å²) in [6.45, 7) is 6.38. The summed E-state index contributed by atoms with van der Waals surface area (Å²) in [6.07, 6.45) is 6.79. The van der Waals surface area contributed by atoms with E-state index in [2.05, 4.69) is 56.8 Å². The molecule has 2 unspecified atom stereocenters. The fourth-order valence-electron chi connectivity index (χ4n) is 6.44. The number of nitriles is 1. The highest BCUT2D eigenvalue weighted by Crippen LogP contribution is 2.35. The second kappa shape index (κ2) is 10.1. The molecule has 3 fully saturated rings. The van der Waals surface area contributed by atoms with Crippen LogP contribution in [0.3, 0.4) is 0 Å². The number of rotatable bonds is 7. The molecule has 35 heavy (non-hydrogen) atoms. The van der Waals surface area contributed by atoms with Crippen molar-refractivity contribution in [3.63, 3.8) is 0 Å². The van der Waals surface area contributed by atoms with Crippen molar-refractivity contribution in [2.75, 3.05) is 44.2 Å². The Hall–Kier alpha value is -2.66. The van der Waals surface area contributed by atoms with Gasteiger partial charge in [0.1, 0.15) is 24.1 Å². The van der Waals surface area contributed by atoms with Gasteiger partial charge in [0.15, 0.2) is 0 Å². The first-order chi connectivity index (χ1) is 17.3. The first kappa shape index (κ1) is 22.8. The molecule has 0 amide bonds. The number of hydrogen-bond acceptors (Lipinski definition) is 7. The van der Waals surface area contributed by atoms with Crippen LogP contribution in [0.25, 0.3) is 0 Å². The molecule has 2 N–H and O–H groups in total. The zero-order valence-corrected chi connectivity index (χ0v) is 20.5. The number of pyridine rings is 1. The van der Waals surface area contributed by atoms with Gasteiger partial charge in [0.05, 0.1) is 0 Å². The standard InChI is InChI=1S/C28H36N6O/c29-15-25-26-16-30-12-10-24(26)27(34-17-21-8-9-22(18-34)31-21)32-28(25)35-19-23-7-4-13-33(23)14-11-20-5-2-1-3-6-20/h1-3,5-6,21-23,30-31H,4,7-14,16-19H2/t21?,22?,23-/m0/s1. The van der Waals surface area contributed by atoms with Crippen LogP contribution in [0.2, 0.25) is 0 Å². The molecule has 7 heteroatoms. The highest BCUT2D eigenvalue weighted by Gasteiger charge is 2.35. The lowest BCUT2D eigenvalue weighted by atomic mass is 9.97. The normalized spacial score (nSPS) is 25.9. The van der Waals surface area contributed by atoms with Crippen LogP contribution >= 0.6 is 0 Å². The second-order valence-electron chi connectivity index (χ2n) is 10.5. The third kappa shape index (κ3) is 4.75. The molecule has 6 rings (SSSR count). The third-order valence-corrected chi connectivity index (χ3v) is 8.28. The van der Waals surface area contributed by atoms with E-state index < -0.39 is 0 Å². The van der Waals surface area contributed by atoms with Gasteiger partial charge in [-0.1, -0.05) is 30.3 Å². The van der Waals surface area contributed by atoms with Crippen molar-refractivity contribution >= 4 is 5.82 Å². The summed E-state index contributed by atoms with van der Waals surface area (Å²) in [7, 11) is 0. The molecule has 0 spiro atoms. The smallest absolute Gasteiger partial charge is 0.234 e. The molecule has 184 valence electrons. The minimum Gasteiger partial charge on any atom is -0.475 e. The largest absolute Gasteiger partial charge is 0.475 e. The van der Waals surface area contributed by atoms with Gasteiger partial charge in [0.25, 0.3) is 0 Å². The fourth-order valence-corrected chi connectivity index (χ4v) is 6.44. The van der Waals surface area contributed by atoms with Crippen molar-refractivity contribution in [1.82, 2.24) is 20.5 Å². The number of fused-ring (bicyclic) bond motifs is 3. The summed E-state index contributed by atoms with van der Waals surface area (Å²) >= 11 is 0. The lowest BCUT2D eigenvalue weighted by Gasteiger charge is -2.36. The Balaban J connectivity index is 1.21. The van der Waals surface area contributed by atoms with E-state index in [1.807, 2.05) is 0 Å². The molecule has 0 aliphatic carbocycles. The molecule has 3 atom stereocenters. The maximum absolute atomic E-state index is 10.1. The summed E-state index contributed by atoms with van der Waals surface area (Å²) in [5.41, 5.74) is 4.35. The second-order valence-corrected chi connectivity index (χ2v) is 10.5. The van der Waals surface area contributed by atoms with Crippen LogP contribution in [0, 0.1) is 11.3 Å². The Morgan fingerprint density at radius 1 is 1.09 bits per heavy atom. The van der Waals surface area contributed by atoms with Gasteiger partial charge < -0.3 is 20.3 Å². The van der Waals surface area contributed by atoms with Crippen LogP contribution in [0.1, 0.15) is 47.9 Å². The maximum atomic E-state index is 10.1. The zero-order valence-electron chi connectivity index (χ0n) is 20.5. The number of piperazine rings is 1. The Labute approximate surface area is 208 Å². The summed E-state index contributed by atoms with van der Waals surface area (Å²) in [4.78, 5) is 10.1. The average Bonchev–Trinajstić information content (AvgIpc) is 3.50. The number of hydrogen-bond donors (Lipinski definition) is 2. The average molecular weight is 473 g/mol. The molecule has 1 aromatic heterocycles. The summed E-state index contributed by atoms with van der Waals surface area (Å²) in [5, 5.41) is 17.3. The Bertz CT molecular complexity index is 1070. The highest BCUT2D eigenvalue weighted by molar-refractivity contribution is 5.61. The Morgan fingerprint density at radius 3 is 2.71 bits per heavy atom. The summed E-state index contributed by atoms with van der Waals surface area (Å²) < 4.78 is 6.42. The van der Waals surface area contributed by atoms with Crippen molar-refractivity contribution in [2.45, 2.75) is 63.2 Å². The van der Waals surface area contributed by atoms with E-state index in [1.54, 1.807) is 0 Å². The van der Waals surface area contributed by atoms with Gasteiger partial charge in [-0.15, -0.1) is 0 Å². The topological polar surface area (TPSA) is 76.5 Å². The lowest BCUT2D eigenvalue weighted by Crippen LogP contribution is -2.52. The number of anilines is 1. The van der Waals surface area contributed by atoms with Crippen molar-refractivity contribution in [2.24, 2.45) is 0 Å². The Morgan fingerprint density at radius 2 is 1.91 bits per heavy atom. The minimum absolute atomic E-state index is 0.375. The fraction of sp³-hybridized carbons (Fsp3) is 0.571. The van der Waals surface area contributed by atoms with Crippen LogP contribution in [-0.2, 0) is 19.4 Å². The first-order valence-corrected chi connectivity index (χ1v) is 13.4. The monoisotopic (exact) mass is 472 g/mol. The highest BCUT2D eigenvalue weighted by atomic mass is 16.5. The molecular formula is C28H36N6O. The van der Waals surface area contributed by atoms with E-state index in [1.165, 1.54) is 30.4 Å². The SMILES string of the molecule is N#Cc1c(OC[C@@H]2CCCN2CCc2ccccc2)nc(N2CC3CCC(C2)N3)c2c1CNCC2. The number of nitrogens with zero attached hydrogens (tertiary/aromatic N) is 4. The van der Waals surface area contributed by atoms with Gasteiger partial charge in [-0.3, -0.25) is 4.90 Å². The van der Waals surface area contributed by atoms with Crippen LogP contribution in [0.15, 0.2) is 30.3 Å². The predicted molar refractivity (Wildman–Crippen MR) is 137 cm³/mol. The molecule has 1 aromatic carbocycles. The molecule has 3 saturated heterocycles. The summed E-state index contributed by atoms with van der Waals surface area (Å²) in [5.74, 6) is 1.59. The van der Waals surface area contributed by atoms with E-state index in [-0.39, 0.29) is 0 Å². The molecule has 5 heterocycles. The van der Waals surface area contributed by atoms with Crippen LogP contribution in [0.5, 0.6) is 5.88 Å². The van der Waals surface area contributed by atoms with Crippen LogP contribution < -0.4 is 20.3 Å².